The number of alkyl halides is 1. The van der Waals surface area contributed by atoms with Gasteiger partial charge < -0.3 is 4.33 Å². The topological polar surface area (TPSA) is 4.93 Å². The lowest BCUT2D eigenvalue weighted by molar-refractivity contribution is 0.175. The summed E-state index contributed by atoms with van der Waals surface area (Å²) in [5.74, 6) is 2.01. The first-order chi connectivity index (χ1) is 8.81. The molecule has 90 valence electrons. The van der Waals surface area contributed by atoms with E-state index in [0.29, 0.717) is 5.56 Å². The molecule has 0 spiro atoms. The average Bonchev–Trinajstić information content (AvgIpc) is 2.94. The van der Waals surface area contributed by atoms with Crippen LogP contribution in [0.4, 0.5) is 4.39 Å². The molecule has 1 aliphatic carbocycles. The van der Waals surface area contributed by atoms with Crippen LogP contribution in [0, 0.1) is 0 Å². The van der Waals surface area contributed by atoms with Gasteiger partial charge in [0.15, 0.2) is 5.67 Å². The second-order valence-corrected chi connectivity index (χ2v) is 5.30. The van der Waals surface area contributed by atoms with E-state index in [9.17, 15) is 0 Å². The van der Waals surface area contributed by atoms with Gasteiger partial charge in [0.05, 0.1) is 6.04 Å². The Labute approximate surface area is 107 Å². The zero-order chi connectivity index (χ0) is 12.4. The first kappa shape index (κ1) is 11.4. The van der Waals surface area contributed by atoms with Gasteiger partial charge in [-0.25, -0.2) is 4.39 Å². The fraction of sp³-hybridized carbons (Fsp3) is 0.133. The summed E-state index contributed by atoms with van der Waals surface area (Å²) >= 11 is 0. The summed E-state index contributed by atoms with van der Waals surface area (Å²) in [5.41, 5.74) is -0.767. The second kappa shape index (κ2) is 4.55. The number of benzene rings is 1. The van der Waals surface area contributed by atoms with Crippen molar-refractivity contribution in [3.63, 3.8) is 0 Å². The van der Waals surface area contributed by atoms with Crippen molar-refractivity contribution >= 4 is 8.35 Å². The minimum atomic E-state index is -1.47. The van der Waals surface area contributed by atoms with Gasteiger partial charge in [0, 0.05) is 14.5 Å². The fourth-order valence-corrected chi connectivity index (χ4v) is 3.14. The first-order valence-electron chi connectivity index (χ1n) is 5.90. The Morgan fingerprint density at radius 2 is 1.94 bits per heavy atom. The van der Waals surface area contributed by atoms with E-state index in [2.05, 4.69) is 0 Å². The Morgan fingerprint density at radius 3 is 2.67 bits per heavy atom. The van der Waals surface area contributed by atoms with Crippen LogP contribution in [0.15, 0.2) is 72.7 Å². The molecule has 2 aromatic rings. The van der Waals surface area contributed by atoms with E-state index in [-0.39, 0.29) is 6.04 Å². The summed E-state index contributed by atoms with van der Waals surface area (Å²) in [6.07, 6.45) is 9.20. The van der Waals surface area contributed by atoms with Gasteiger partial charge in [-0.05, 0) is 23.5 Å². The molecule has 0 fully saturated rings. The number of hydrogen-bond acceptors (Lipinski definition) is 0. The van der Waals surface area contributed by atoms with Crippen molar-refractivity contribution in [2.45, 2.75) is 11.7 Å². The molecule has 0 amide bonds. The molecule has 3 rings (SSSR count). The highest BCUT2D eigenvalue weighted by molar-refractivity contribution is 7.25. The van der Waals surface area contributed by atoms with Crippen LogP contribution in [0.3, 0.4) is 0 Å². The van der Waals surface area contributed by atoms with Crippen LogP contribution in [0.2, 0.25) is 0 Å². The van der Waals surface area contributed by atoms with Crippen LogP contribution in [-0.2, 0) is 5.67 Å². The molecule has 0 saturated carbocycles. The number of hydrogen-bond donors (Lipinski definition) is 0. The van der Waals surface area contributed by atoms with Crippen molar-refractivity contribution in [1.29, 1.82) is 0 Å². The number of aromatic nitrogens is 1. The number of halogens is 1. The van der Waals surface area contributed by atoms with E-state index in [1.54, 1.807) is 12.2 Å². The highest BCUT2D eigenvalue weighted by Gasteiger charge is 2.39. The molecule has 1 aromatic carbocycles. The SMILES string of the molecule is FC1(c2ccccc2)C=CC=CC1n1cccp1. The highest BCUT2D eigenvalue weighted by atomic mass is 31.0. The van der Waals surface area contributed by atoms with Gasteiger partial charge in [-0.3, -0.25) is 0 Å². The third kappa shape index (κ3) is 1.83. The molecule has 1 heterocycles. The highest BCUT2D eigenvalue weighted by Crippen LogP contribution is 2.43. The van der Waals surface area contributed by atoms with Crippen LogP contribution >= 0.6 is 8.35 Å². The van der Waals surface area contributed by atoms with Crippen LogP contribution in [-0.4, -0.2) is 4.33 Å². The molecule has 2 atom stereocenters. The maximum Gasteiger partial charge on any atom is 0.178 e. The minimum absolute atomic E-state index is 0.290. The molecule has 0 bridgehead atoms. The normalized spacial score (nSPS) is 26.8. The molecule has 0 aliphatic heterocycles. The largest absolute Gasteiger partial charge is 0.320 e. The maximum absolute atomic E-state index is 15.4. The molecule has 18 heavy (non-hydrogen) atoms. The fourth-order valence-electron chi connectivity index (χ4n) is 2.29. The van der Waals surface area contributed by atoms with E-state index in [1.165, 1.54) is 0 Å². The van der Waals surface area contributed by atoms with Gasteiger partial charge in [-0.15, -0.1) is 0 Å². The lowest BCUT2D eigenvalue weighted by atomic mass is 9.85. The number of rotatable bonds is 2. The molecular formula is C15H13FNP. The van der Waals surface area contributed by atoms with Crippen molar-refractivity contribution in [3.05, 3.63) is 78.3 Å². The van der Waals surface area contributed by atoms with E-state index in [4.69, 9.17) is 0 Å². The van der Waals surface area contributed by atoms with E-state index in [1.807, 2.05) is 64.9 Å². The molecule has 0 radical (unpaired) electrons. The van der Waals surface area contributed by atoms with Crippen molar-refractivity contribution in [3.8, 4) is 0 Å². The summed E-state index contributed by atoms with van der Waals surface area (Å²) < 4.78 is 17.4. The van der Waals surface area contributed by atoms with Gasteiger partial charge in [0.1, 0.15) is 0 Å². The first-order valence-corrected chi connectivity index (χ1v) is 6.82. The number of allylic oxidation sites excluding steroid dienone is 4. The Morgan fingerprint density at radius 1 is 1.11 bits per heavy atom. The third-order valence-corrected chi connectivity index (χ3v) is 4.15. The lowest BCUT2D eigenvalue weighted by Gasteiger charge is -2.32. The van der Waals surface area contributed by atoms with Crippen LogP contribution in [0.5, 0.6) is 0 Å². The molecule has 3 heteroatoms. The lowest BCUT2D eigenvalue weighted by Crippen LogP contribution is -2.29. The molecule has 0 saturated heterocycles. The van der Waals surface area contributed by atoms with Crippen molar-refractivity contribution in [2.75, 3.05) is 0 Å². The second-order valence-electron chi connectivity index (χ2n) is 4.31. The van der Waals surface area contributed by atoms with E-state index < -0.39 is 5.67 Å². The van der Waals surface area contributed by atoms with Gasteiger partial charge >= 0.3 is 0 Å². The summed E-state index contributed by atoms with van der Waals surface area (Å²) in [6.45, 7) is 0. The van der Waals surface area contributed by atoms with Gasteiger partial charge in [0.25, 0.3) is 0 Å². The van der Waals surface area contributed by atoms with Crippen molar-refractivity contribution < 1.29 is 4.39 Å². The molecule has 1 nitrogen and oxygen atoms in total. The predicted molar refractivity (Wildman–Crippen MR) is 73.5 cm³/mol. The van der Waals surface area contributed by atoms with Crippen LogP contribution in [0.25, 0.3) is 0 Å². The average molecular weight is 257 g/mol. The van der Waals surface area contributed by atoms with Crippen LogP contribution < -0.4 is 0 Å². The smallest absolute Gasteiger partial charge is 0.178 e. The summed E-state index contributed by atoms with van der Waals surface area (Å²) in [7, 11) is 1.02. The Hall–Kier alpha value is -1.66. The summed E-state index contributed by atoms with van der Waals surface area (Å²) in [4.78, 5) is 0. The quantitative estimate of drug-likeness (QED) is 0.741. The number of nitrogens with zero attached hydrogens (tertiary/aromatic N) is 1. The van der Waals surface area contributed by atoms with E-state index >= 15 is 4.39 Å². The van der Waals surface area contributed by atoms with Crippen molar-refractivity contribution in [2.24, 2.45) is 0 Å². The molecule has 2 unspecified atom stereocenters. The zero-order valence-corrected chi connectivity index (χ0v) is 10.7. The molecule has 1 aromatic heterocycles. The molecule has 0 N–H and O–H groups in total. The van der Waals surface area contributed by atoms with Gasteiger partial charge in [0.2, 0.25) is 0 Å². The Bertz CT molecular complexity index is 574. The van der Waals surface area contributed by atoms with Crippen molar-refractivity contribution in [1.82, 2.24) is 4.33 Å². The molecular weight excluding hydrogens is 244 g/mol. The Kier molecular flexibility index (Phi) is 2.89. The van der Waals surface area contributed by atoms with Crippen LogP contribution in [0.1, 0.15) is 11.6 Å². The summed E-state index contributed by atoms with van der Waals surface area (Å²) in [5, 5.41) is 0. The minimum Gasteiger partial charge on any atom is -0.320 e. The maximum atomic E-state index is 15.4. The monoisotopic (exact) mass is 257 g/mol. The summed E-state index contributed by atoms with van der Waals surface area (Å²) in [6, 6.07) is 11.0. The zero-order valence-electron chi connectivity index (χ0n) is 9.78. The predicted octanol–water partition coefficient (Wildman–Crippen LogP) is 4.60. The third-order valence-electron chi connectivity index (χ3n) is 3.20. The molecule has 1 aliphatic rings. The Balaban J connectivity index is 2.08. The van der Waals surface area contributed by atoms with Gasteiger partial charge in [-0.2, -0.15) is 0 Å². The van der Waals surface area contributed by atoms with Gasteiger partial charge in [-0.1, -0.05) is 48.6 Å². The standard InChI is InChI=1S/C15H13FNP/c16-15(13-7-2-1-3-8-13)10-5-4-9-14(15)17-11-6-12-18-17/h1-12,14H. The van der Waals surface area contributed by atoms with E-state index in [0.717, 1.165) is 8.35 Å².